The molecule has 0 aromatic heterocycles. The first-order chi connectivity index (χ1) is 14.8. The molecule has 0 fully saturated rings. The summed E-state index contributed by atoms with van der Waals surface area (Å²) in [5.41, 5.74) is 0. The average Bonchev–Trinajstić information content (AvgIpc) is 2.99. The predicted molar refractivity (Wildman–Crippen MR) is 109 cm³/mol. The molecule has 32 heavy (non-hydrogen) atoms. The lowest BCUT2D eigenvalue weighted by Gasteiger charge is -2.25. The minimum absolute atomic E-state index is 0.412. The van der Waals surface area contributed by atoms with Gasteiger partial charge in [-0.25, -0.2) is 4.79 Å². The molecule has 0 radical (unpaired) electrons. The van der Waals surface area contributed by atoms with Crippen molar-refractivity contribution in [3.8, 4) is 0 Å². The molecule has 10 heteroatoms. The number of ether oxygens (including phenoxy) is 5. The van der Waals surface area contributed by atoms with Gasteiger partial charge in [0.2, 0.25) is 11.9 Å². The van der Waals surface area contributed by atoms with Gasteiger partial charge in [0.1, 0.15) is 6.61 Å². The van der Waals surface area contributed by atoms with E-state index in [1.807, 2.05) is 0 Å². The van der Waals surface area contributed by atoms with E-state index in [-0.39, 0.29) is 0 Å². The lowest BCUT2D eigenvalue weighted by Crippen LogP contribution is -2.40. The van der Waals surface area contributed by atoms with E-state index in [1.54, 1.807) is 55.4 Å². The first-order valence-electron chi connectivity index (χ1n) is 10.5. The number of cyclic esters (lactones) is 1. The number of rotatable bonds is 10. The van der Waals surface area contributed by atoms with Crippen molar-refractivity contribution in [3.05, 3.63) is 11.5 Å². The van der Waals surface area contributed by atoms with Gasteiger partial charge >= 0.3 is 29.8 Å². The summed E-state index contributed by atoms with van der Waals surface area (Å²) in [4.78, 5) is 61.0. The lowest BCUT2D eigenvalue weighted by molar-refractivity contribution is -0.175. The summed E-state index contributed by atoms with van der Waals surface area (Å²) in [6.45, 7) is 12.2. The highest BCUT2D eigenvalue weighted by atomic mass is 16.7. The summed E-state index contributed by atoms with van der Waals surface area (Å²) in [5.74, 6) is -6.98. The number of hydrogen-bond donors (Lipinski definition) is 0. The van der Waals surface area contributed by atoms with Crippen molar-refractivity contribution in [2.24, 2.45) is 23.7 Å². The van der Waals surface area contributed by atoms with Crippen LogP contribution in [0.2, 0.25) is 0 Å². The van der Waals surface area contributed by atoms with Crippen molar-refractivity contribution in [3.63, 3.8) is 0 Å². The maximum Gasteiger partial charge on any atom is 0.379 e. The zero-order valence-corrected chi connectivity index (χ0v) is 19.8. The third-order valence-corrected chi connectivity index (χ3v) is 4.20. The van der Waals surface area contributed by atoms with E-state index in [0.29, 0.717) is 0 Å². The van der Waals surface area contributed by atoms with Crippen LogP contribution in [0.1, 0.15) is 55.4 Å². The Balaban J connectivity index is 3.37. The fraction of sp³-hybridized carbons (Fsp3) is 0.682. The van der Waals surface area contributed by atoms with Gasteiger partial charge in [-0.1, -0.05) is 55.4 Å². The number of hydrogen-bond acceptors (Lipinski definition) is 10. The van der Waals surface area contributed by atoms with E-state index in [0.717, 1.165) is 0 Å². The van der Waals surface area contributed by atoms with Crippen LogP contribution < -0.4 is 0 Å². The van der Waals surface area contributed by atoms with Gasteiger partial charge in [0.05, 0.1) is 23.7 Å². The van der Waals surface area contributed by atoms with Gasteiger partial charge in [-0.15, -0.1) is 0 Å². The van der Waals surface area contributed by atoms with E-state index in [9.17, 15) is 24.0 Å². The van der Waals surface area contributed by atoms with E-state index in [1.165, 1.54) is 0 Å². The zero-order valence-electron chi connectivity index (χ0n) is 19.8. The van der Waals surface area contributed by atoms with Crippen molar-refractivity contribution < 1.29 is 47.7 Å². The van der Waals surface area contributed by atoms with Crippen LogP contribution in [0.5, 0.6) is 0 Å². The van der Waals surface area contributed by atoms with Crippen molar-refractivity contribution in [1.29, 1.82) is 0 Å². The van der Waals surface area contributed by atoms with Gasteiger partial charge < -0.3 is 23.7 Å². The SMILES string of the molecule is CC(C)C(=O)OC[C@H](OC(=O)C(C)C)C1OC(=O)C(OC(=O)C(C)C)=C1OC(=O)C(C)C. The molecule has 0 saturated heterocycles. The third-order valence-electron chi connectivity index (χ3n) is 4.20. The van der Waals surface area contributed by atoms with Crippen LogP contribution in [-0.2, 0) is 47.7 Å². The molecular weight excluding hydrogens is 424 g/mol. The monoisotopic (exact) mass is 456 g/mol. The van der Waals surface area contributed by atoms with Gasteiger partial charge in [-0.2, -0.15) is 0 Å². The fourth-order valence-corrected chi connectivity index (χ4v) is 2.14. The molecule has 0 bridgehead atoms. The van der Waals surface area contributed by atoms with E-state index in [4.69, 9.17) is 23.7 Å². The molecule has 0 amide bonds. The van der Waals surface area contributed by atoms with Crippen LogP contribution in [0.25, 0.3) is 0 Å². The lowest BCUT2D eigenvalue weighted by atomic mass is 10.1. The number of carbonyl (C=O) groups excluding carboxylic acids is 5. The highest BCUT2D eigenvalue weighted by molar-refractivity contribution is 5.93. The molecule has 0 aromatic carbocycles. The third kappa shape index (κ3) is 7.35. The summed E-state index contributed by atoms with van der Waals surface area (Å²) in [6.07, 6.45) is -2.79. The van der Waals surface area contributed by atoms with E-state index in [2.05, 4.69) is 0 Å². The van der Waals surface area contributed by atoms with Crippen LogP contribution in [0, 0.1) is 23.7 Å². The second-order valence-corrected chi connectivity index (χ2v) is 8.59. The molecule has 1 aliphatic rings. The molecule has 0 aromatic rings. The summed E-state index contributed by atoms with van der Waals surface area (Å²) >= 11 is 0. The van der Waals surface area contributed by atoms with Gasteiger partial charge in [-0.3, -0.25) is 19.2 Å². The van der Waals surface area contributed by atoms with Gasteiger partial charge in [0.15, 0.2) is 6.10 Å². The van der Waals surface area contributed by atoms with Crippen molar-refractivity contribution >= 4 is 29.8 Å². The summed E-state index contributed by atoms with van der Waals surface area (Å²) in [5, 5.41) is 0. The Hall–Kier alpha value is -2.91. The van der Waals surface area contributed by atoms with Crippen molar-refractivity contribution in [2.45, 2.75) is 67.6 Å². The highest BCUT2D eigenvalue weighted by Gasteiger charge is 2.47. The molecule has 2 atom stereocenters. The Labute approximate surface area is 187 Å². The molecule has 0 aliphatic carbocycles. The maximum atomic E-state index is 12.5. The Bertz CT molecular complexity index is 776. The average molecular weight is 456 g/mol. The Morgan fingerprint density at radius 3 is 1.69 bits per heavy atom. The Morgan fingerprint density at radius 2 is 1.22 bits per heavy atom. The predicted octanol–water partition coefficient (Wildman–Crippen LogP) is 2.29. The molecule has 0 spiro atoms. The van der Waals surface area contributed by atoms with Crippen molar-refractivity contribution in [2.75, 3.05) is 6.61 Å². The molecule has 1 aliphatic heterocycles. The van der Waals surface area contributed by atoms with Crippen LogP contribution in [0.4, 0.5) is 0 Å². The number of carbonyl (C=O) groups is 5. The first-order valence-corrected chi connectivity index (χ1v) is 10.5. The molecule has 1 unspecified atom stereocenters. The maximum absolute atomic E-state index is 12.5. The molecule has 1 heterocycles. The zero-order chi connectivity index (χ0) is 24.7. The van der Waals surface area contributed by atoms with Gasteiger partial charge in [-0.05, 0) is 0 Å². The smallest absolute Gasteiger partial charge is 0.379 e. The number of esters is 5. The molecule has 1 rings (SSSR count). The molecule has 180 valence electrons. The van der Waals surface area contributed by atoms with Crippen LogP contribution >= 0.6 is 0 Å². The van der Waals surface area contributed by atoms with Crippen LogP contribution in [0.15, 0.2) is 11.5 Å². The van der Waals surface area contributed by atoms with Crippen molar-refractivity contribution in [1.82, 2.24) is 0 Å². The Morgan fingerprint density at radius 1 is 0.750 bits per heavy atom. The van der Waals surface area contributed by atoms with Gasteiger partial charge in [0, 0.05) is 0 Å². The highest BCUT2D eigenvalue weighted by Crippen LogP contribution is 2.30. The fourth-order valence-electron chi connectivity index (χ4n) is 2.14. The minimum atomic E-state index is -1.46. The second-order valence-electron chi connectivity index (χ2n) is 8.59. The Kier molecular flexibility index (Phi) is 9.86. The topological polar surface area (TPSA) is 132 Å². The molecule has 0 N–H and O–H groups in total. The normalized spacial score (nSPS) is 17.0. The molecular formula is C22H32O10. The largest absolute Gasteiger partial charge is 0.461 e. The minimum Gasteiger partial charge on any atom is -0.461 e. The first kappa shape index (κ1) is 27.1. The summed E-state index contributed by atoms with van der Waals surface area (Å²) < 4.78 is 26.2. The van der Waals surface area contributed by atoms with Gasteiger partial charge in [0.25, 0.3) is 5.76 Å². The second kappa shape index (κ2) is 11.6. The standard InChI is InChI=1S/C22H32O10/c1-10(2)18(23)28-9-14(29-19(24)11(3)4)15-16(31-20(25)12(5)6)17(22(27)30-15)32-21(26)13(7)8/h10-15H,9H2,1-8H3/t14-,15?/m0/s1. The quantitative estimate of drug-likeness (QED) is 0.356. The van der Waals surface area contributed by atoms with Crippen LogP contribution in [-0.4, -0.2) is 48.7 Å². The summed E-state index contributed by atoms with van der Waals surface area (Å²) in [7, 11) is 0. The van der Waals surface area contributed by atoms with E-state index < -0.39 is 83.9 Å². The molecule has 10 nitrogen and oxygen atoms in total. The van der Waals surface area contributed by atoms with Crippen LogP contribution in [0.3, 0.4) is 0 Å². The molecule has 0 saturated carbocycles. The summed E-state index contributed by atoms with van der Waals surface area (Å²) in [6, 6.07) is 0. The van der Waals surface area contributed by atoms with E-state index >= 15 is 0 Å².